The van der Waals surface area contributed by atoms with E-state index in [0.717, 1.165) is 12.1 Å². The van der Waals surface area contributed by atoms with Crippen LogP contribution in [0.2, 0.25) is 0 Å². The van der Waals surface area contributed by atoms with Crippen molar-refractivity contribution < 1.29 is 22.0 Å². The molecule has 2 N–H and O–H groups in total. The van der Waals surface area contributed by atoms with Gasteiger partial charge in [0.1, 0.15) is 11.5 Å². The number of hydrogen-bond acceptors (Lipinski definition) is 2. The normalized spacial score (nSPS) is 12.9. The predicted octanol–water partition coefficient (Wildman–Crippen LogP) is 2.32. The molecule has 0 saturated carbocycles. The number of nitrogens with zero attached hydrogens (tertiary/aromatic N) is 1. The third-order valence-electron chi connectivity index (χ3n) is 1.45. The van der Waals surface area contributed by atoms with E-state index in [-0.39, 0.29) is 5.82 Å². The highest BCUT2D eigenvalue weighted by molar-refractivity contribution is 5.30. The van der Waals surface area contributed by atoms with Gasteiger partial charge in [0, 0.05) is 0 Å². The Kier molecular flexibility index (Phi) is 2.34. The Balaban J connectivity index is 3.16. The zero-order valence-corrected chi connectivity index (χ0v) is 6.65. The monoisotopic (exact) mass is 212 g/mol. The van der Waals surface area contributed by atoms with E-state index in [2.05, 4.69) is 4.98 Å². The van der Waals surface area contributed by atoms with Gasteiger partial charge in [-0.3, -0.25) is 0 Å². The van der Waals surface area contributed by atoms with Crippen LogP contribution in [0.3, 0.4) is 0 Å². The number of nitrogens with two attached hydrogens (primary N) is 1. The number of hydrogen-bond donors (Lipinski definition) is 1. The van der Waals surface area contributed by atoms with E-state index in [9.17, 15) is 22.0 Å². The number of rotatable bonds is 1. The lowest BCUT2D eigenvalue weighted by Gasteiger charge is -2.18. The van der Waals surface area contributed by atoms with Crippen molar-refractivity contribution in [3.05, 3.63) is 23.9 Å². The zero-order valence-electron chi connectivity index (χ0n) is 6.65. The van der Waals surface area contributed by atoms with E-state index in [1.165, 1.54) is 0 Å². The van der Waals surface area contributed by atoms with Crippen LogP contribution >= 0.6 is 0 Å². The van der Waals surface area contributed by atoms with Gasteiger partial charge in [0.15, 0.2) is 0 Å². The van der Waals surface area contributed by atoms with Gasteiger partial charge < -0.3 is 5.73 Å². The molecular weight excluding hydrogens is 207 g/mol. The number of nitrogen functional groups attached to an aromatic ring is 1. The third kappa shape index (κ3) is 1.75. The molecule has 0 atom stereocenters. The molecule has 0 radical (unpaired) electrons. The van der Waals surface area contributed by atoms with Crippen LogP contribution < -0.4 is 5.73 Å². The maximum absolute atomic E-state index is 12.6. The predicted molar refractivity (Wildman–Crippen MR) is 38.6 cm³/mol. The minimum Gasteiger partial charge on any atom is -0.384 e. The standard InChI is InChI=1S/C7H5F5N2/c8-6(9,7(10,11)12)4-2-1-3-5(13)14-4/h1-3H,(H2,13,14). The molecule has 78 valence electrons. The van der Waals surface area contributed by atoms with Crippen molar-refractivity contribution in [3.63, 3.8) is 0 Å². The molecule has 0 unspecified atom stereocenters. The van der Waals surface area contributed by atoms with Crippen LogP contribution in [0.5, 0.6) is 0 Å². The van der Waals surface area contributed by atoms with E-state index in [4.69, 9.17) is 5.73 Å². The van der Waals surface area contributed by atoms with Gasteiger partial charge in [-0.25, -0.2) is 4.98 Å². The summed E-state index contributed by atoms with van der Waals surface area (Å²) in [6.45, 7) is 0. The van der Waals surface area contributed by atoms with Crippen molar-refractivity contribution in [1.29, 1.82) is 0 Å². The molecule has 0 bridgehead atoms. The lowest BCUT2D eigenvalue weighted by atomic mass is 10.2. The lowest BCUT2D eigenvalue weighted by molar-refractivity contribution is -0.290. The van der Waals surface area contributed by atoms with Crippen LogP contribution in [0.1, 0.15) is 5.69 Å². The van der Waals surface area contributed by atoms with Crippen molar-refractivity contribution >= 4 is 5.82 Å². The third-order valence-corrected chi connectivity index (χ3v) is 1.45. The summed E-state index contributed by atoms with van der Waals surface area (Å²) in [5, 5.41) is 0. The first-order valence-electron chi connectivity index (χ1n) is 3.42. The average Bonchev–Trinajstić information content (AvgIpc) is 2.02. The van der Waals surface area contributed by atoms with Gasteiger partial charge in [-0.2, -0.15) is 22.0 Å². The Bertz CT molecular complexity index is 333. The van der Waals surface area contributed by atoms with Gasteiger partial charge >= 0.3 is 12.1 Å². The SMILES string of the molecule is Nc1cccc(C(F)(F)C(F)(F)F)n1. The van der Waals surface area contributed by atoms with Crippen molar-refractivity contribution in [2.45, 2.75) is 12.1 Å². The highest BCUT2D eigenvalue weighted by atomic mass is 19.4. The van der Waals surface area contributed by atoms with Crippen LogP contribution in [-0.2, 0) is 5.92 Å². The molecule has 14 heavy (non-hydrogen) atoms. The van der Waals surface area contributed by atoms with Crippen molar-refractivity contribution in [2.24, 2.45) is 0 Å². The first kappa shape index (κ1) is 10.7. The molecule has 0 aromatic carbocycles. The van der Waals surface area contributed by atoms with Gasteiger partial charge in [-0.15, -0.1) is 0 Å². The lowest BCUT2D eigenvalue weighted by Crippen LogP contribution is -2.34. The van der Waals surface area contributed by atoms with E-state index in [1.807, 2.05) is 0 Å². The fraction of sp³-hybridized carbons (Fsp3) is 0.286. The van der Waals surface area contributed by atoms with Crippen molar-refractivity contribution in [1.82, 2.24) is 4.98 Å². The number of aromatic nitrogens is 1. The molecule has 1 rings (SSSR count). The fourth-order valence-corrected chi connectivity index (χ4v) is 0.772. The van der Waals surface area contributed by atoms with Gasteiger partial charge in [-0.05, 0) is 12.1 Å². The Morgan fingerprint density at radius 3 is 2.07 bits per heavy atom. The Morgan fingerprint density at radius 2 is 1.64 bits per heavy atom. The van der Waals surface area contributed by atoms with Crippen molar-refractivity contribution in [3.8, 4) is 0 Å². The quantitative estimate of drug-likeness (QED) is 0.725. The second-order valence-electron chi connectivity index (χ2n) is 2.52. The molecule has 0 aliphatic carbocycles. The minimum absolute atomic E-state index is 0.383. The minimum atomic E-state index is -5.66. The summed E-state index contributed by atoms with van der Waals surface area (Å²) in [4.78, 5) is 2.92. The second kappa shape index (κ2) is 3.07. The number of pyridine rings is 1. The molecule has 0 amide bonds. The van der Waals surface area contributed by atoms with Crippen LogP contribution in [0, 0.1) is 0 Å². The fourth-order valence-electron chi connectivity index (χ4n) is 0.772. The molecule has 0 aliphatic heterocycles. The van der Waals surface area contributed by atoms with Gasteiger partial charge in [0.05, 0.1) is 0 Å². The van der Waals surface area contributed by atoms with E-state index in [1.54, 1.807) is 0 Å². The van der Waals surface area contributed by atoms with Crippen LogP contribution in [0.25, 0.3) is 0 Å². The first-order valence-corrected chi connectivity index (χ1v) is 3.42. The Hall–Kier alpha value is -1.40. The van der Waals surface area contributed by atoms with Crippen LogP contribution in [0.15, 0.2) is 18.2 Å². The molecule has 0 spiro atoms. The molecule has 1 heterocycles. The molecule has 2 nitrogen and oxygen atoms in total. The number of alkyl halides is 5. The number of halogens is 5. The maximum Gasteiger partial charge on any atom is 0.459 e. The Morgan fingerprint density at radius 1 is 1.07 bits per heavy atom. The Labute approximate surface area is 75.5 Å². The summed E-state index contributed by atoms with van der Waals surface area (Å²) in [6, 6.07) is 2.68. The molecule has 0 saturated heterocycles. The maximum atomic E-state index is 12.6. The van der Waals surface area contributed by atoms with Crippen molar-refractivity contribution in [2.75, 3.05) is 5.73 Å². The van der Waals surface area contributed by atoms with Crippen LogP contribution in [0.4, 0.5) is 27.8 Å². The molecule has 0 aliphatic rings. The summed E-state index contributed by atoms with van der Waals surface area (Å²) in [5.41, 5.74) is 3.59. The van der Waals surface area contributed by atoms with E-state index >= 15 is 0 Å². The molecule has 0 fully saturated rings. The average molecular weight is 212 g/mol. The molecule has 7 heteroatoms. The largest absolute Gasteiger partial charge is 0.459 e. The first-order chi connectivity index (χ1) is 6.25. The summed E-state index contributed by atoms with van der Waals surface area (Å²) >= 11 is 0. The van der Waals surface area contributed by atoms with Gasteiger partial charge in [0.25, 0.3) is 0 Å². The number of anilines is 1. The summed E-state index contributed by atoms with van der Waals surface area (Å²) < 4.78 is 60.7. The molecule has 1 aromatic rings. The van der Waals surface area contributed by atoms with Crippen LogP contribution in [-0.4, -0.2) is 11.2 Å². The van der Waals surface area contributed by atoms with Gasteiger partial charge in [-0.1, -0.05) is 6.07 Å². The summed E-state index contributed by atoms with van der Waals surface area (Å²) in [6.07, 6.45) is -5.66. The van der Waals surface area contributed by atoms with E-state index < -0.39 is 17.8 Å². The summed E-state index contributed by atoms with van der Waals surface area (Å²) in [7, 11) is 0. The second-order valence-corrected chi connectivity index (χ2v) is 2.52. The summed E-state index contributed by atoms with van der Waals surface area (Å²) in [5.74, 6) is -5.35. The highest BCUT2D eigenvalue weighted by Crippen LogP contribution is 2.42. The highest BCUT2D eigenvalue weighted by Gasteiger charge is 2.59. The molecular formula is C7H5F5N2. The smallest absolute Gasteiger partial charge is 0.384 e. The molecule has 1 aromatic heterocycles. The van der Waals surface area contributed by atoms with E-state index in [0.29, 0.717) is 6.07 Å². The van der Waals surface area contributed by atoms with Gasteiger partial charge in [0.2, 0.25) is 0 Å². The topological polar surface area (TPSA) is 38.9 Å². The zero-order chi connectivity index (χ0) is 11.0.